The number of benzene rings is 2. The van der Waals surface area contributed by atoms with Crippen LogP contribution in [0.15, 0.2) is 36.4 Å². The summed E-state index contributed by atoms with van der Waals surface area (Å²) in [6.45, 7) is -1.33. The first-order chi connectivity index (χ1) is 20.3. The molecule has 4 rings (SSSR count). The molecular formula is C26H26Cl4O13. The van der Waals surface area contributed by atoms with Crippen LogP contribution in [0.3, 0.4) is 0 Å². The van der Waals surface area contributed by atoms with Crippen LogP contribution >= 0.6 is 46.4 Å². The van der Waals surface area contributed by atoms with Crippen LogP contribution in [-0.4, -0.2) is 117 Å². The molecule has 0 aromatic heterocycles. The lowest BCUT2D eigenvalue weighted by Crippen LogP contribution is -2.64. The molecule has 0 spiro atoms. The normalized spacial score (nSPS) is 32.7. The maximum Gasteiger partial charge on any atom is 0.341 e. The van der Waals surface area contributed by atoms with E-state index in [1.807, 2.05) is 0 Å². The number of rotatable bonds is 8. The van der Waals surface area contributed by atoms with Gasteiger partial charge in [-0.2, -0.15) is 0 Å². The van der Waals surface area contributed by atoms with Gasteiger partial charge in [0.1, 0.15) is 62.0 Å². The van der Waals surface area contributed by atoms with E-state index in [9.17, 15) is 40.2 Å². The number of aliphatic hydroxyl groups is 6. The van der Waals surface area contributed by atoms with Crippen LogP contribution in [0.2, 0.25) is 20.1 Å². The third-order valence-corrected chi connectivity index (χ3v) is 7.96. The summed E-state index contributed by atoms with van der Waals surface area (Å²) in [5.41, 5.74) is -0.307. The van der Waals surface area contributed by atoms with Crippen molar-refractivity contribution >= 4 is 58.3 Å². The lowest BCUT2D eigenvalue weighted by atomic mass is 9.98. The van der Waals surface area contributed by atoms with Crippen molar-refractivity contribution in [3.63, 3.8) is 0 Å². The molecule has 2 heterocycles. The predicted molar refractivity (Wildman–Crippen MR) is 148 cm³/mol. The van der Waals surface area contributed by atoms with Crippen LogP contribution in [0.25, 0.3) is 0 Å². The molecule has 0 saturated carbocycles. The number of hydrogen-bond acceptors (Lipinski definition) is 13. The second-order valence-corrected chi connectivity index (χ2v) is 11.2. The molecule has 2 fully saturated rings. The Labute approximate surface area is 263 Å². The Morgan fingerprint density at radius 2 is 0.907 bits per heavy atom. The maximum atomic E-state index is 12.5. The van der Waals surface area contributed by atoms with Crippen LogP contribution in [-0.2, 0) is 23.7 Å². The van der Waals surface area contributed by atoms with E-state index in [1.165, 1.54) is 36.4 Å². The molecule has 6 N–H and O–H groups in total. The maximum absolute atomic E-state index is 12.5. The van der Waals surface area contributed by atoms with Crippen molar-refractivity contribution in [2.45, 2.75) is 61.4 Å². The van der Waals surface area contributed by atoms with E-state index in [-0.39, 0.29) is 31.2 Å². The van der Waals surface area contributed by atoms with Crippen molar-refractivity contribution in [3.8, 4) is 0 Å². The molecule has 0 bridgehead atoms. The van der Waals surface area contributed by atoms with Crippen molar-refractivity contribution in [1.82, 2.24) is 0 Å². The highest BCUT2D eigenvalue weighted by Crippen LogP contribution is 2.30. The largest absolute Gasteiger partial charge is 0.459 e. The zero-order valence-corrected chi connectivity index (χ0v) is 24.7. The summed E-state index contributed by atoms with van der Waals surface area (Å²) in [4.78, 5) is 25.1. The molecule has 43 heavy (non-hydrogen) atoms. The standard InChI is InChI=1S/C26H26Cl4O13/c27-9-3-1-4-10(28)15(9)23(37)39-7-13-17(31)19(33)21(35)25(41-13)43-26-22(36)20(34)18(32)14(42-26)8-40-24(38)16-11(29)5-2-6-12(16)30/h1-6,13-14,17-22,25-26,31-36H,7-8H2/t13-,14-,17-,18-,19+,20+,21-,22-,25-,26-/m1/s1. The quantitative estimate of drug-likeness (QED) is 0.214. The molecule has 0 radical (unpaired) electrons. The summed E-state index contributed by atoms with van der Waals surface area (Å²) in [6.07, 6.45) is -17.7. The zero-order chi connectivity index (χ0) is 31.6. The first-order valence-electron chi connectivity index (χ1n) is 12.6. The van der Waals surface area contributed by atoms with Gasteiger partial charge in [0.05, 0.1) is 31.2 Å². The number of ether oxygens (including phenoxy) is 5. The molecular weight excluding hydrogens is 662 g/mol. The lowest BCUT2D eigenvalue weighted by Gasteiger charge is -2.44. The van der Waals surface area contributed by atoms with Crippen molar-refractivity contribution in [3.05, 3.63) is 67.6 Å². The number of esters is 2. The third-order valence-electron chi connectivity index (χ3n) is 6.70. The fourth-order valence-corrected chi connectivity index (χ4v) is 5.41. The average molecular weight is 688 g/mol. The fraction of sp³-hybridized carbons (Fsp3) is 0.462. The molecule has 17 heteroatoms. The molecule has 10 atom stereocenters. The minimum absolute atomic E-state index is 0.00125. The summed E-state index contributed by atoms with van der Waals surface area (Å²) in [5.74, 6) is -1.94. The molecule has 0 amide bonds. The number of halogens is 4. The summed E-state index contributed by atoms with van der Waals surface area (Å²) in [6, 6.07) is 8.63. The summed E-state index contributed by atoms with van der Waals surface area (Å²) in [7, 11) is 0. The Hall–Kier alpha value is -1.82. The first kappa shape index (κ1) is 34.1. The molecule has 236 valence electrons. The van der Waals surface area contributed by atoms with E-state index in [2.05, 4.69) is 0 Å². The number of hydrogen-bond donors (Lipinski definition) is 6. The fourth-order valence-electron chi connectivity index (χ4n) is 4.31. The summed E-state index contributed by atoms with van der Waals surface area (Å²) >= 11 is 24.0. The second kappa shape index (κ2) is 14.5. The topological polar surface area (TPSA) is 202 Å². The van der Waals surface area contributed by atoms with E-state index >= 15 is 0 Å². The van der Waals surface area contributed by atoms with Crippen LogP contribution in [0.5, 0.6) is 0 Å². The number of carbonyl (C=O) groups is 2. The second-order valence-electron chi connectivity index (χ2n) is 9.56. The van der Waals surface area contributed by atoms with Crippen LogP contribution in [0, 0.1) is 0 Å². The van der Waals surface area contributed by atoms with E-state index in [0.29, 0.717) is 0 Å². The molecule has 2 aliphatic heterocycles. The van der Waals surface area contributed by atoms with Gasteiger partial charge >= 0.3 is 11.9 Å². The average Bonchev–Trinajstić information content (AvgIpc) is 2.96. The van der Waals surface area contributed by atoms with Gasteiger partial charge in [0, 0.05) is 0 Å². The monoisotopic (exact) mass is 686 g/mol. The molecule has 0 unspecified atom stereocenters. The van der Waals surface area contributed by atoms with Gasteiger partial charge in [-0.25, -0.2) is 9.59 Å². The van der Waals surface area contributed by atoms with Crippen molar-refractivity contribution in [2.75, 3.05) is 13.2 Å². The van der Waals surface area contributed by atoms with E-state index < -0.39 is 86.6 Å². The molecule has 2 aliphatic rings. The lowest BCUT2D eigenvalue weighted by molar-refractivity contribution is -0.376. The van der Waals surface area contributed by atoms with Gasteiger partial charge in [-0.15, -0.1) is 0 Å². The van der Waals surface area contributed by atoms with Gasteiger partial charge < -0.3 is 54.3 Å². The summed E-state index contributed by atoms with van der Waals surface area (Å²) in [5, 5.41) is 62.5. The minimum Gasteiger partial charge on any atom is -0.459 e. The minimum atomic E-state index is -1.92. The predicted octanol–water partition coefficient (Wildman–Crippen LogP) is 0.946. The van der Waals surface area contributed by atoms with E-state index in [1.54, 1.807) is 0 Å². The van der Waals surface area contributed by atoms with Gasteiger partial charge in [-0.3, -0.25) is 0 Å². The molecule has 0 aliphatic carbocycles. The first-order valence-corrected chi connectivity index (χ1v) is 14.1. The van der Waals surface area contributed by atoms with E-state index in [0.717, 1.165) is 0 Å². The van der Waals surface area contributed by atoms with Crippen LogP contribution in [0.1, 0.15) is 20.7 Å². The molecule has 2 aromatic carbocycles. The SMILES string of the molecule is O=C(OC[C@H]1O[C@H](O[C@H]2O[C@H](COC(=O)c3c(Cl)cccc3Cl)[C@@H](O)[C@H](O)[C@H]2O)[C@H](O)[C@@H](O)[C@@H]1O)c1c(Cl)cccc1Cl. The van der Waals surface area contributed by atoms with Gasteiger partial charge in [0.25, 0.3) is 0 Å². The van der Waals surface area contributed by atoms with Crippen LogP contribution in [0.4, 0.5) is 0 Å². The van der Waals surface area contributed by atoms with Gasteiger partial charge in [0.2, 0.25) is 0 Å². The Balaban J connectivity index is 1.41. The zero-order valence-electron chi connectivity index (χ0n) is 21.7. The highest BCUT2D eigenvalue weighted by molar-refractivity contribution is 6.40. The Bertz CT molecular complexity index is 1180. The number of carbonyl (C=O) groups excluding carboxylic acids is 2. The molecule has 2 aromatic rings. The highest BCUT2D eigenvalue weighted by atomic mass is 35.5. The Morgan fingerprint density at radius 1 is 0.581 bits per heavy atom. The van der Waals surface area contributed by atoms with Gasteiger partial charge in [-0.1, -0.05) is 58.5 Å². The highest BCUT2D eigenvalue weighted by Gasteiger charge is 2.50. The van der Waals surface area contributed by atoms with Gasteiger partial charge in [0.15, 0.2) is 12.6 Å². The van der Waals surface area contributed by atoms with Crippen molar-refractivity contribution in [1.29, 1.82) is 0 Å². The van der Waals surface area contributed by atoms with E-state index in [4.69, 9.17) is 70.1 Å². The van der Waals surface area contributed by atoms with Gasteiger partial charge in [-0.05, 0) is 24.3 Å². The third kappa shape index (κ3) is 7.53. The smallest absolute Gasteiger partial charge is 0.341 e. The van der Waals surface area contributed by atoms with Crippen molar-refractivity contribution in [2.24, 2.45) is 0 Å². The molecule has 13 nitrogen and oxygen atoms in total. The molecule has 2 saturated heterocycles. The Kier molecular flexibility index (Phi) is 11.5. The summed E-state index contributed by atoms with van der Waals surface area (Å²) < 4.78 is 26.7. The van der Waals surface area contributed by atoms with Crippen molar-refractivity contribution < 1.29 is 63.9 Å². The Morgan fingerprint density at radius 3 is 1.23 bits per heavy atom. The number of aliphatic hydroxyl groups excluding tert-OH is 6. The van der Waals surface area contributed by atoms with Crippen LogP contribution < -0.4 is 0 Å².